The van der Waals surface area contributed by atoms with E-state index >= 15 is 0 Å². The van der Waals surface area contributed by atoms with Crippen LogP contribution in [0.5, 0.6) is 5.75 Å². The predicted molar refractivity (Wildman–Crippen MR) is 130 cm³/mol. The number of hydrogen-bond acceptors (Lipinski definition) is 5. The fraction of sp³-hybridized carbons (Fsp3) is 0.417. The van der Waals surface area contributed by atoms with Crippen molar-refractivity contribution in [3.63, 3.8) is 0 Å². The van der Waals surface area contributed by atoms with Crippen LogP contribution in [0.2, 0.25) is 0 Å². The number of ether oxygens (including phenoxy) is 1. The average molecular weight is 494 g/mol. The fourth-order valence-corrected chi connectivity index (χ4v) is 4.28. The number of rotatable bonds is 12. The van der Waals surface area contributed by atoms with Crippen molar-refractivity contribution in [2.45, 2.75) is 39.3 Å². The van der Waals surface area contributed by atoms with Crippen LogP contribution in [0, 0.1) is 5.82 Å². The third-order valence-electron chi connectivity index (χ3n) is 5.24. The topological polar surface area (TPSA) is 96.0 Å². The van der Waals surface area contributed by atoms with E-state index in [1.165, 1.54) is 17.0 Å². The van der Waals surface area contributed by atoms with Gasteiger partial charge in [0.25, 0.3) is 0 Å². The van der Waals surface area contributed by atoms with Crippen LogP contribution in [0.25, 0.3) is 0 Å². The zero-order valence-electron chi connectivity index (χ0n) is 20.0. The Morgan fingerprint density at radius 1 is 1.06 bits per heavy atom. The van der Waals surface area contributed by atoms with E-state index in [0.29, 0.717) is 18.7 Å². The van der Waals surface area contributed by atoms with E-state index in [4.69, 9.17) is 4.74 Å². The quantitative estimate of drug-likeness (QED) is 0.491. The highest BCUT2D eigenvalue weighted by Gasteiger charge is 2.31. The molecule has 0 bridgehead atoms. The molecule has 186 valence electrons. The number of sulfonamides is 1. The molecular formula is C24H32FN3O5S. The largest absolute Gasteiger partial charge is 0.497 e. The van der Waals surface area contributed by atoms with Crippen molar-refractivity contribution >= 4 is 27.5 Å². The second-order valence-corrected chi connectivity index (χ2v) is 9.74. The Kier molecular flexibility index (Phi) is 9.85. The lowest BCUT2D eigenvalue weighted by molar-refractivity contribution is -0.140. The molecule has 0 aromatic heterocycles. The third kappa shape index (κ3) is 7.44. The zero-order chi connectivity index (χ0) is 25.3. The summed E-state index contributed by atoms with van der Waals surface area (Å²) in [6.07, 6.45) is 2.05. The maximum Gasteiger partial charge on any atom is 0.244 e. The minimum Gasteiger partial charge on any atom is -0.497 e. The molecule has 0 heterocycles. The summed E-state index contributed by atoms with van der Waals surface area (Å²) in [6.45, 7) is 3.75. The first-order valence-corrected chi connectivity index (χ1v) is 12.9. The van der Waals surface area contributed by atoms with Gasteiger partial charge in [0.2, 0.25) is 21.8 Å². The Labute approximate surface area is 200 Å². The first-order chi connectivity index (χ1) is 16.1. The van der Waals surface area contributed by atoms with E-state index in [1.54, 1.807) is 38.3 Å². The summed E-state index contributed by atoms with van der Waals surface area (Å²) in [4.78, 5) is 27.7. The van der Waals surface area contributed by atoms with Crippen LogP contribution < -0.4 is 14.4 Å². The SMILES string of the molecule is CCCNC(=O)[C@H](CC)N(Cc1ccc(OC)cc1)C(=O)CN(c1ccc(F)cc1)S(C)(=O)=O. The van der Waals surface area contributed by atoms with Crippen molar-refractivity contribution in [1.82, 2.24) is 10.2 Å². The molecule has 0 saturated heterocycles. The monoisotopic (exact) mass is 493 g/mol. The summed E-state index contributed by atoms with van der Waals surface area (Å²) < 4.78 is 44.4. The van der Waals surface area contributed by atoms with Gasteiger partial charge in [0, 0.05) is 13.1 Å². The zero-order valence-corrected chi connectivity index (χ0v) is 20.8. The Morgan fingerprint density at radius 3 is 2.18 bits per heavy atom. The first kappa shape index (κ1) is 27.1. The first-order valence-electron chi connectivity index (χ1n) is 11.0. The highest BCUT2D eigenvalue weighted by Crippen LogP contribution is 2.21. The number of carbonyl (C=O) groups is 2. The molecule has 0 saturated carbocycles. The molecule has 34 heavy (non-hydrogen) atoms. The van der Waals surface area contributed by atoms with Gasteiger partial charge in [-0.25, -0.2) is 12.8 Å². The summed E-state index contributed by atoms with van der Waals surface area (Å²) >= 11 is 0. The molecule has 2 amide bonds. The highest BCUT2D eigenvalue weighted by molar-refractivity contribution is 7.92. The predicted octanol–water partition coefficient (Wildman–Crippen LogP) is 2.93. The van der Waals surface area contributed by atoms with Gasteiger partial charge in [0.05, 0.1) is 19.1 Å². The maximum atomic E-state index is 13.5. The van der Waals surface area contributed by atoms with Crippen molar-refractivity contribution in [3.05, 3.63) is 59.9 Å². The number of halogens is 1. The van der Waals surface area contributed by atoms with E-state index in [9.17, 15) is 22.4 Å². The summed E-state index contributed by atoms with van der Waals surface area (Å²) in [5.41, 5.74) is 0.911. The number of anilines is 1. The highest BCUT2D eigenvalue weighted by atomic mass is 32.2. The molecule has 2 rings (SSSR count). The molecule has 2 aromatic carbocycles. The van der Waals surface area contributed by atoms with Gasteiger partial charge in [-0.15, -0.1) is 0 Å². The molecule has 0 aliphatic rings. The minimum absolute atomic E-state index is 0.0991. The normalized spacial score (nSPS) is 12.0. The lowest BCUT2D eigenvalue weighted by Crippen LogP contribution is -2.52. The summed E-state index contributed by atoms with van der Waals surface area (Å²) in [7, 11) is -2.31. The van der Waals surface area contributed by atoms with Crippen LogP contribution in [-0.4, -0.2) is 57.6 Å². The fourth-order valence-electron chi connectivity index (χ4n) is 3.43. The van der Waals surface area contributed by atoms with Crippen molar-refractivity contribution in [1.29, 1.82) is 0 Å². The van der Waals surface area contributed by atoms with Crippen molar-refractivity contribution in [3.8, 4) is 5.75 Å². The van der Waals surface area contributed by atoms with Gasteiger partial charge in [0.15, 0.2) is 0 Å². The number of benzene rings is 2. The number of nitrogens with zero attached hydrogens (tertiary/aromatic N) is 2. The van der Waals surface area contributed by atoms with Crippen LogP contribution in [0.15, 0.2) is 48.5 Å². The van der Waals surface area contributed by atoms with Crippen LogP contribution >= 0.6 is 0 Å². The molecule has 10 heteroatoms. The molecular weight excluding hydrogens is 461 g/mol. The molecule has 1 N–H and O–H groups in total. The van der Waals surface area contributed by atoms with Gasteiger partial charge in [-0.2, -0.15) is 0 Å². The summed E-state index contributed by atoms with van der Waals surface area (Å²) in [5.74, 6) is -0.736. The van der Waals surface area contributed by atoms with E-state index in [2.05, 4.69) is 5.32 Å². The van der Waals surface area contributed by atoms with Gasteiger partial charge in [-0.3, -0.25) is 13.9 Å². The van der Waals surface area contributed by atoms with Crippen LogP contribution in [0.4, 0.5) is 10.1 Å². The van der Waals surface area contributed by atoms with Gasteiger partial charge in [-0.1, -0.05) is 26.0 Å². The van der Waals surface area contributed by atoms with Gasteiger partial charge in [-0.05, 0) is 54.8 Å². The van der Waals surface area contributed by atoms with E-state index < -0.39 is 34.3 Å². The van der Waals surface area contributed by atoms with Crippen LogP contribution in [-0.2, 0) is 26.2 Å². The standard InChI is InChI=1S/C24H32FN3O5S/c1-5-15-26-24(30)22(6-2)27(16-18-7-13-21(33-3)14-8-18)23(29)17-28(34(4,31)32)20-11-9-19(25)10-12-20/h7-14,22H,5-6,15-17H2,1-4H3,(H,26,30)/t22-/m0/s1. The summed E-state index contributed by atoms with van der Waals surface area (Å²) in [5, 5.41) is 2.82. The Bertz CT molecular complexity index is 1060. The van der Waals surface area contributed by atoms with Crippen molar-refractivity contribution in [2.24, 2.45) is 0 Å². The van der Waals surface area contributed by atoms with Gasteiger partial charge >= 0.3 is 0 Å². The number of methoxy groups -OCH3 is 1. The second kappa shape index (κ2) is 12.4. The molecule has 0 spiro atoms. The average Bonchev–Trinajstić information content (AvgIpc) is 2.81. The number of hydrogen-bond donors (Lipinski definition) is 1. The van der Waals surface area contributed by atoms with E-state index in [-0.39, 0.29) is 18.1 Å². The molecule has 0 fully saturated rings. The summed E-state index contributed by atoms with van der Waals surface area (Å²) in [6, 6.07) is 11.1. The van der Waals surface area contributed by atoms with Gasteiger partial charge in [0.1, 0.15) is 24.2 Å². The molecule has 2 aromatic rings. The molecule has 0 radical (unpaired) electrons. The Hall–Kier alpha value is -3.14. The third-order valence-corrected chi connectivity index (χ3v) is 6.38. The van der Waals surface area contributed by atoms with E-state index in [0.717, 1.165) is 34.7 Å². The molecule has 0 aliphatic heterocycles. The van der Waals surface area contributed by atoms with Crippen molar-refractivity contribution < 1.29 is 27.1 Å². The van der Waals surface area contributed by atoms with Crippen LogP contribution in [0.3, 0.4) is 0 Å². The molecule has 0 aliphatic carbocycles. The molecule has 0 unspecified atom stereocenters. The second-order valence-electron chi connectivity index (χ2n) is 7.83. The van der Waals surface area contributed by atoms with Crippen molar-refractivity contribution in [2.75, 3.05) is 30.8 Å². The van der Waals surface area contributed by atoms with E-state index in [1.807, 2.05) is 6.92 Å². The lowest BCUT2D eigenvalue weighted by atomic mass is 10.1. The molecule has 1 atom stereocenters. The lowest BCUT2D eigenvalue weighted by Gasteiger charge is -2.32. The Morgan fingerprint density at radius 2 is 1.68 bits per heavy atom. The number of carbonyl (C=O) groups excluding carboxylic acids is 2. The maximum absolute atomic E-state index is 13.5. The Balaban J connectivity index is 2.40. The van der Waals surface area contributed by atoms with Gasteiger partial charge < -0.3 is 15.0 Å². The smallest absolute Gasteiger partial charge is 0.244 e. The van der Waals surface area contributed by atoms with Crippen LogP contribution in [0.1, 0.15) is 32.3 Å². The number of amides is 2. The molecule has 8 nitrogen and oxygen atoms in total. The number of nitrogens with one attached hydrogen (secondary N) is 1. The minimum atomic E-state index is -3.86.